The van der Waals surface area contributed by atoms with Gasteiger partial charge in [0.1, 0.15) is 24.0 Å². The molecule has 1 amide bonds. The lowest BCUT2D eigenvalue weighted by molar-refractivity contribution is -0.384. The minimum atomic E-state index is -1.41. The molecule has 3 N–H and O–H groups in total. The van der Waals surface area contributed by atoms with Crippen LogP contribution in [0.5, 0.6) is 5.75 Å². The number of rotatable bonds is 6. The largest absolute Gasteiger partial charge is 0.463 e. The van der Waals surface area contributed by atoms with Crippen LogP contribution in [0.4, 0.5) is 5.69 Å². The molecular formula is C16H20N2O9. The molecule has 11 nitrogen and oxygen atoms in total. The number of carbonyl (C=O) groups excluding carboxylic acids is 2. The number of aliphatic hydroxyl groups excluding tert-OH is 2. The molecule has 0 spiro atoms. The highest BCUT2D eigenvalue weighted by atomic mass is 16.7. The van der Waals surface area contributed by atoms with E-state index in [1.165, 1.54) is 31.2 Å². The zero-order valence-corrected chi connectivity index (χ0v) is 14.6. The molecule has 148 valence electrons. The first kappa shape index (κ1) is 20.6. The van der Waals surface area contributed by atoms with E-state index in [0.717, 1.165) is 6.92 Å². The molecule has 0 aromatic heterocycles. The van der Waals surface area contributed by atoms with Crippen LogP contribution in [-0.2, 0) is 19.1 Å². The number of non-ortho nitro benzene ring substituents is 1. The molecule has 5 atom stereocenters. The summed E-state index contributed by atoms with van der Waals surface area (Å²) < 4.78 is 16.2. The predicted octanol–water partition coefficient (Wildman–Crippen LogP) is -0.512. The van der Waals surface area contributed by atoms with Gasteiger partial charge in [-0.3, -0.25) is 19.7 Å². The highest BCUT2D eigenvalue weighted by molar-refractivity contribution is 5.73. The van der Waals surface area contributed by atoms with E-state index < -0.39 is 54.1 Å². The predicted molar refractivity (Wildman–Crippen MR) is 88.6 cm³/mol. The van der Waals surface area contributed by atoms with Gasteiger partial charge in [-0.2, -0.15) is 0 Å². The van der Waals surface area contributed by atoms with Crippen LogP contribution in [0.1, 0.15) is 13.8 Å². The van der Waals surface area contributed by atoms with Gasteiger partial charge < -0.3 is 29.7 Å². The van der Waals surface area contributed by atoms with E-state index in [4.69, 9.17) is 14.2 Å². The van der Waals surface area contributed by atoms with Crippen molar-refractivity contribution in [3.8, 4) is 5.75 Å². The van der Waals surface area contributed by atoms with Gasteiger partial charge in [-0.15, -0.1) is 0 Å². The number of nitro groups is 1. The summed E-state index contributed by atoms with van der Waals surface area (Å²) in [5.74, 6) is -1.02. The van der Waals surface area contributed by atoms with Gasteiger partial charge in [-0.1, -0.05) is 0 Å². The number of esters is 1. The molecule has 1 saturated heterocycles. The topological polar surface area (TPSA) is 157 Å². The standard InChI is InChI=1S/C16H20N2O9/c1-8(20)17-13-15(25-9(2)21)14(22)12(7-19)27-16(13)26-11-5-3-10(4-6-11)18(23)24/h3-6,12-16,19,22H,7H2,1-2H3,(H,17,20). The van der Waals surface area contributed by atoms with E-state index in [1.54, 1.807) is 0 Å². The molecule has 0 saturated carbocycles. The van der Waals surface area contributed by atoms with Crippen molar-refractivity contribution in [2.45, 2.75) is 44.5 Å². The van der Waals surface area contributed by atoms with Crippen molar-refractivity contribution in [1.29, 1.82) is 0 Å². The Morgan fingerprint density at radius 1 is 1.30 bits per heavy atom. The van der Waals surface area contributed by atoms with Crippen LogP contribution in [0.15, 0.2) is 24.3 Å². The summed E-state index contributed by atoms with van der Waals surface area (Å²) in [5, 5.41) is 32.9. The van der Waals surface area contributed by atoms with Gasteiger partial charge in [0.25, 0.3) is 5.69 Å². The normalized spacial score (nSPS) is 27.5. The second-order valence-corrected chi connectivity index (χ2v) is 5.89. The van der Waals surface area contributed by atoms with Crippen LogP contribution in [0.2, 0.25) is 0 Å². The molecule has 2 rings (SSSR count). The fourth-order valence-electron chi connectivity index (χ4n) is 2.67. The Labute approximate surface area is 154 Å². The molecule has 0 aliphatic carbocycles. The Hall–Kier alpha value is -2.76. The van der Waals surface area contributed by atoms with Gasteiger partial charge >= 0.3 is 5.97 Å². The Kier molecular flexibility index (Phi) is 6.66. The maximum absolute atomic E-state index is 11.5. The summed E-state index contributed by atoms with van der Waals surface area (Å²) in [6.45, 7) is 1.76. The average Bonchev–Trinajstić information content (AvgIpc) is 2.60. The van der Waals surface area contributed by atoms with E-state index in [0.29, 0.717) is 0 Å². The first-order valence-corrected chi connectivity index (χ1v) is 8.02. The van der Waals surface area contributed by atoms with Crippen LogP contribution in [0.3, 0.4) is 0 Å². The molecule has 5 unspecified atom stereocenters. The second kappa shape index (κ2) is 8.75. The highest BCUT2D eigenvalue weighted by Gasteiger charge is 2.48. The lowest BCUT2D eigenvalue weighted by Crippen LogP contribution is -2.66. The first-order valence-electron chi connectivity index (χ1n) is 8.02. The highest BCUT2D eigenvalue weighted by Crippen LogP contribution is 2.27. The van der Waals surface area contributed by atoms with Gasteiger partial charge in [-0.25, -0.2) is 0 Å². The number of hydrogen-bond donors (Lipinski definition) is 3. The van der Waals surface area contributed by atoms with Gasteiger partial charge in [0, 0.05) is 26.0 Å². The molecule has 1 aliphatic heterocycles. The number of aliphatic hydroxyl groups is 2. The molecular weight excluding hydrogens is 364 g/mol. The zero-order chi connectivity index (χ0) is 20.1. The molecule has 1 aromatic rings. The molecule has 0 radical (unpaired) electrons. The van der Waals surface area contributed by atoms with E-state index >= 15 is 0 Å². The van der Waals surface area contributed by atoms with Crippen molar-refractivity contribution < 1.29 is 38.9 Å². The summed E-state index contributed by atoms with van der Waals surface area (Å²) >= 11 is 0. The van der Waals surface area contributed by atoms with E-state index in [1.807, 2.05) is 0 Å². The maximum Gasteiger partial charge on any atom is 0.303 e. The van der Waals surface area contributed by atoms with Gasteiger partial charge in [0.15, 0.2) is 6.10 Å². The van der Waals surface area contributed by atoms with Crippen molar-refractivity contribution in [2.24, 2.45) is 0 Å². The number of nitrogens with one attached hydrogen (secondary N) is 1. The van der Waals surface area contributed by atoms with Crippen molar-refractivity contribution in [1.82, 2.24) is 5.32 Å². The van der Waals surface area contributed by atoms with Crippen molar-refractivity contribution in [3.05, 3.63) is 34.4 Å². The number of nitrogens with zero attached hydrogens (tertiary/aromatic N) is 1. The molecule has 1 aliphatic rings. The van der Waals surface area contributed by atoms with E-state index in [-0.39, 0.29) is 11.4 Å². The van der Waals surface area contributed by atoms with Gasteiger partial charge in [0.05, 0.1) is 11.5 Å². The van der Waals surface area contributed by atoms with Crippen molar-refractivity contribution >= 4 is 17.6 Å². The summed E-state index contributed by atoms with van der Waals surface area (Å²) in [7, 11) is 0. The van der Waals surface area contributed by atoms with Crippen molar-refractivity contribution in [2.75, 3.05) is 6.61 Å². The minimum Gasteiger partial charge on any atom is -0.463 e. The molecule has 1 heterocycles. The monoisotopic (exact) mass is 384 g/mol. The Morgan fingerprint density at radius 3 is 2.41 bits per heavy atom. The zero-order valence-electron chi connectivity index (χ0n) is 14.6. The number of hydrogen-bond acceptors (Lipinski definition) is 9. The fourth-order valence-corrected chi connectivity index (χ4v) is 2.67. The number of carbonyl (C=O) groups is 2. The third-order valence-corrected chi connectivity index (χ3v) is 3.83. The van der Waals surface area contributed by atoms with E-state index in [9.17, 15) is 29.9 Å². The molecule has 1 fully saturated rings. The third-order valence-electron chi connectivity index (χ3n) is 3.83. The van der Waals surface area contributed by atoms with Crippen LogP contribution < -0.4 is 10.1 Å². The van der Waals surface area contributed by atoms with Crippen LogP contribution in [-0.4, -0.2) is 64.3 Å². The Bertz CT molecular complexity index is 694. The fraction of sp³-hybridized carbons (Fsp3) is 0.500. The van der Waals surface area contributed by atoms with Crippen LogP contribution in [0, 0.1) is 10.1 Å². The molecule has 0 bridgehead atoms. The maximum atomic E-state index is 11.5. The SMILES string of the molecule is CC(=O)NC1C(Oc2ccc([N+](=O)[O-])cc2)OC(CO)C(O)C1OC(C)=O. The van der Waals surface area contributed by atoms with Crippen LogP contribution >= 0.6 is 0 Å². The number of ether oxygens (including phenoxy) is 3. The molecule has 1 aromatic carbocycles. The lowest BCUT2D eigenvalue weighted by atomic mass is 9.96. The second-order valence-electron chi connectivity index (χ2n) is 5.89. The van der Waals surface area contributed by atoms with Crippen LogP contribution in [0.25, 0.3) is 0 Å². The lowest BCUT2D eigenvalue weighted by Gasteiger charge is -2.43. The quantitative estimate of drug-likeness (QED) is 0.334. The van der Waals surface area contributed by atoms with Gasteiger partial charge in [-0.05, 0) is 12.1 Å². The average molecular weight is 384 g/mol. The first-order chi connectivity index (χ1) is 12.7. The summed E-state index contributed by atoms with van der Waals surface area (Å²) in [6.07, 6.45) is -5.02. The summed E-state index contributed by atoms with van der Waals surface area (Å²) in [5.41, 5.74) is -0.147. The Morgan fingerprint density at radius 2 is 1.93 bits per heavy atom. The summed E-state index contributed by atoms with van der Waals surface area (Å²) in [4.78, 5) is 33.1. The minimum absolute atomic E-state index is 0.147. The van der Waals surface area contributed by atoms with Crippen molar-refractivity contribution in [3.63, 3.8) is 0 Å². The number of nitro benzene ring substituents is 1. The smallest absolute Gasteiger partial charge is 0.303 e. The summed E-state index contributed by atoms with van der Waals surface area (Å²) in [6, 6.07) is 4.00. The Balaban J connectivity index is 2.29. The molecule has 11 heteroatoms. The van der Waals surface area contributed by atoms with Gasteiger partial charge in [0.2, 0.25) is 12.2 Å². The van der Waals surface area contributed by atoms with E-state index in [2.05, 4.69) is 5.32 Å². The third kappa shape index (κ3) is 5.12. The molecule has 27 heavy (non-hydrogen) atoms. The number of benzene rings is 1. The number of amides is 1.